The second kappa shape index (κ2) is 9.52. The van der Waals surface area contributed by atoms with E-state index in [0.717, 1.165) is 0 Å². The average molecular weight is 547 g/mol. The largest absolute Gasteiger partial charge is 0.507 e. The lowest BCUT2D eigenvalue weighted by molar-refractivity contribution is -0.302. The predicted molar refractivity (Wildman–Crippen MR) is 131 cm³/mol. The van der Waals surface area contributed by atoms with Gasteiger partial charge < -0.3 is 49.6 Å². The van der Waals surface area contributed by atoms with Gasteiger partial charge in [-0.1, -0.05) is 6.07 Å². The normalized spacial score (nSPS) is 31.9. The molecule has 0 amide bonds. The van der Waals surface area contributed by atoms with Crippen molar-refractivity contribution in [1.29, 1.82) is 0 Å². The number of fused-ring (bicyclic) bond motifs is 3. The minimum Gasteiger partial charge on any atom is -0.507 e. The van der Waals surface area contributed by atoms with Crippen LogP contribution in [0.15, 0.2) is 12.1 Å². The van der Waals surface area contributed by atoms with Crippen LogP contribution in [0, 0.1) is 6.92 Å². The monoisotopic (exact) mass is 546 g/mol. The summed E-state index contributed by atoms with van der Waals surface area (Å²) in [5.74, 6) is -2.79. The Morgan fingerprint density at radius 3 is 2.31 bits per heavy atom. The van der Waals surface area contributed by atoms with E-state index in [1.165, 1.54) is 27.2 Å². The molecule has 0 saturated carbocycles. The Morgan fingerprint density at radius 2 is 1.67 bits per heavy atom. The predicted octanol–water partition coefficient (Wildman–Crippen LogP) is 0.00902. The summed E-state index contributed by atoms with van der Waals surface area (Å²) in [4.78, 5) is 27.3. The van der Waals surface area contributed by atoms with Gasteiger partial charge in [0.25, 0.3) is 0 Å². The number of ether oxygens (including phenoxy) is 4. The molecule has 3 aliphatic rings. The molecule has 7 atom stereocenters. The smallest absolute Gasteiger partial charge is 0.202 e. The summed E-state index contributed by atoms with van der Waals surface area (Å²) in [7, 11) is 2.60. The lowest BCUT2D eigenvalue weighted by atomic mass is 9.72. The standard InChI is InChI=1S/C27H30O12/c1-9-5-6-10-13(22(9)36-3)19(31)16-15(17(10)29)18(30)11-7-27(2,35)25(34)24(14(11)20(16)32)39-26-21(33)23(37-4)12(28)8-38-26/h5-6,12,21,23-26,28,30,32-35H,7-8H2,1-4H3. The van der Waals surface area contributed by atoms with Crippen LogP contribution in [0.4, 0.5) is 0 Å². The maximum absolute atomic E-state index is 13.8. The summed E-state index contributed by atoms with van der Waals surface area (Å²) in [5, 5.41) is 65.6. The van der Waals surface area contributed by atoms with E-state index in [1.54, 1.807) is 13.0 Å². The highest BCUT2D eigenvalue weighted by molar-refractivity contribution is 6.31. The van der Waals surface area contributed by atoms with Gasteiger partial charge in [-0.05, 0) is 25.5 Å². The van der Waals surface area contributed by atoms with Crippen LogP contribution >= 0.6 is 0 Å². The zero-order chi connectivity index (χ0) is 28.5. The first-order chi connectivity index (χ1) is 18.3. The van der Waals surface area contributed by atoms with Crippen molar-refractivity contribution in [3.8, 4) is 17.2 Å². The van der Waals surface area contributed by atoms with E-state index in [9.17, 15) is 40.2 Å². The number of aliphatic hydroxyl groups is 4. The van der Waals surface area contributed by atoms with Gasteiger partial charge in [-0.25, -0.2) is 0 Å². The molecule has 2 aliphatic carbocycles. The third-order valence-electron chi connectivity index (χ3n) is 7.80. The Labute approximate surface area is 222 Å². The molecule has 210 valence electrons. The maximum atomic E-state index is 13.8. The molecular formula is C27H30O12. The number of rotatable bonds is 4. The van der Waals surface area contributed by atoms with E-state index in [-0.39, 0.29) is 34.6 Å². The Kier molecular flexibility index (Phi) is 6.71. The summed E-state index contributed by atoms with van der Waals surface area (Å²) in [5.41, 5.74) is -2.82. The topological polar surface area (TPSA) is 192 Å². The van der Waals surface area contributed by atoms with E-state index < -0.39 is 83.0 Å². The minimum atomic E-state index is -1.93. The number of aliphatic hydroxyl groups excluding tert-OH is 3. The van der Waals surface area contributed by atoms with Crippen LogP contribution in [-0.4, -0.2) is 99.3 Å². The summed E-state index contributed by atoms with van der Waals surface area (Å²) >= 11 is 0. The fourth-order valence-corrected chi connectivity index (χ4v) is 5.76. The molecule has 1 fully saturated rings. The van der Waals surface area contributed by atoms with Crippen molar-refractivity contribution in [2.75, 3.05) is 20.8 Å². The van der Waals surface area contributed by atoms with Crippen LogP contribution in [0.1, 0.15) is 61.6 Å². The summed E-state index contributed by atoms with van der Waals surface area (Å²) in [6, 6.07) is 3.02. The Balaban J connectivity index is 1.69. The van der Waals surface area contributed by atoms with Crippen molar-refractivity contribution < 1.29 is 59.2 Å². The van der Waals surface area contributed by atoms with Gasteiger partial charge in [0.05, 0.1) is 36.0 Å². The van der Waals surface area contributed by atoms with Gasteiger partial charge >= 0.3 is 0 Å². The number of aromatic hydroxyl groups is 2. The van der Waals surface area contributed by atoms with Gasteiger partial charge in [0.2, 0.25) is 5.78 Å². The number of phenols is 2. The first-order valence-electron chi connectivity index (χ1n) is 12.3. The molecule has 0 bridgehead atoms. The molecule has 0 spiro atoms. The van der Waals surface area contributed by atoms with Crippen molar-refractivity contribution in [2.24, 2.45) is 0 Å². The van der Waals surface area contributed by atoms with Gasteiger partial charge in [-0.3, -0.25) is 9.59 Å². The first-order valence-corrected chi connectivity index (χ1v) is 12.3. The molecule has 5 rings (SSSR count). The van der Waals surface area contributed by atoms with E-state index >= 15 is 0 Å². The molecule has 1 saturated heterocycles. The van der Waals surface area contributed by atoms with E-state index in [4.69, 9.17) is 18.9 Å². The van der Waals surface area contributed by atoms with E-state index in [0.29, 0.717) is 5.56 Å². The number of methoxy groups -OCH3 is 2. The molecule has 1 aliphatic heterocycles. The molecular weight excluding hydrogens is 516 g/mol. The molecule has 12 nitrogen and oxygen atoms in total. The van der Waals surface area contributed by atoms with Crippen molar-refractivity contribution in [2.45, 2.75) is 62.7 Å². The fraction of sp³-hybridized carbons (Fsp3) is 0.481. The highest BCUT2D eigenvalue weighted by Crippen LogP contribution is 2.52. The van der Waals surface area contributed by atoms with Crippen LogP contribution in [0.5, 0.6) is 17.2 Å². The maximum Gasteiger partial charge on any atom is 0.202 e. The van der Waals surface area contributed by atoms with Gasteiger partial charge in [0, 0.05) is 30.2 Å². The second-order valence-electron chi connectivity index (χ2n) is 10.3. The fourth-order valence-electron chi connectivity index (χ4n) is 5.76. The summed E-state index contributed by atoms with van der Waals surface area (Å²) in [6.45, 7) is 2.65. The van der Waals surface area contributed by atoms with Gasteiger partial charge in [0.15, 0.2) is 12.1 Å². The van der Waals surface area contributed by atoms with E-state index in [2.05, 4.69) is 0 Å². The van der Waals surface area contributed by atoms with Gasteiger partial charge in [-0.2, -0.15) is 0 Å². The lowest BCUT2D eigenvalue weighted by Crippen LogP contribution is -2.57. The first kappa shape index (κ1) is 27.5. The molecule has 7 unspecified atom stereocenters. The van der Waals surface area contributed by atoms with Crippen LogP contribution < -0.4 is 4.74 Å². The SMILES string of the molecule is COc1c(C)ccc2c1C(=O)c1c(O)c3c(c(O)c1C2=O)CC(C)(O)C(O)C3OC1OCC(O)C(OC)C1O. The third-order valence-corrected chi connectivity index (χ3v) is 7.80. The number of carbonyl (C=O) groups excluding carboxylic acids is 2. The zero-order valence-electron chi connectivity index (χ0n) is 21.7. The van der Waals surface area contributed by atoms with Crippen LogP contribution in [0.3, 0.4) is 0 Å². The number of hydrogen-bond donors (Lipinski definition) is 6. The highest BCUT2D eigenvalue weighted by atomic mass is 16.7. The number of benzene rings is 2. The Morgan fingerprint density at radius 1 is 1.00 bits per heavy atom. The van der Waals surface area contributed by atoms with Crippen LogP contribution in [0.25, 0.3) is 0 Å². The lowest BCUT2D eigenvalue weighted by Gasteiger charge is -2.44. The summed E-state index contributed by atoms with van der Waals surface area (Å²) in [6.07, 6.45) is -9.12. The van der Waals surface area contributed by atoms with Crippen LogP contribution in [-0.2, 0) is 20.6 Å². The molecule has 2 aromatic rings. The van der Waals surface area contributed by atoms with Crippen molar-refractivity contribution in [3.05, 3.63) is 51.1 Å². The van der Waals surface area contributed by atoms with Crippen molar-refractivity contribution >= 4 is 11.6 Å². The molecule has 6 N–H and O–H groups in total. The molecule has 12 heteroatoms. The molecule has 0 radical (unpaired) electrons. The zero-order valence-corrected chi connectivity index (χ0v) is 21.7. The van der Waals surface area contributed by atoms with E-state index in [1.807, 2.05) is 0 Å². The Hall–Kier alpha value is -3.10. The van der Waals surface area contributed by atoms with Crippen LogP contribution in [0.2, 0.25) is 0 Å². The number of ketones is 2. The molecule has 39 heavy (non-hydrogen) atoms. The average Bonchev–Trinajstić information content (AvgIpc) is 2.88. The van der Waals surface area contributed by atoms with Crippen molar-refractivity contribution in [3.63, 3.8) is 0 Å². The Bertz CT molecular complexity index is 1370. The second-order valence-corrected chi connectivity index (χ2v) is 10.3. The number of aryl methyl sites for hydroxylation is 1. The number of phenolic OH excluding ortho intramolecular Hbond substituents is 2. The molecule has 1 heterocycles. The minimum absolute atomic E-state index is 0.0251. The van der Waals surface area contributed by atoms with Crippen molar-refractivity contribution in [1.82, 2.24) is 0 Å². The number of hydrogen-bond acceptors (Lipinski definition) is 12. The van der Waals surface area contributed by atoms with Gasteiger partial charge in [0.1, 0.15) is 47.8 Å². The quantitative estimate of drug-likeness (QED) is 0.241. The summed E-state index contributed by atoms with van der Waals surface area (Å²) < 4.78 is 21.8. The molecule has 0 aromatic heterocycles. The third kappa shape index (κ3) is 3.94. The number of carbonyl (C=O) groups is 2. The van der Waals surface area contributed by atoms with Gasteiger partial charge in [-0.15, -0.1) is 0 Å². The highest BCUT2D eigenvalue weighted by Gasteiger charge is 2.52. The molecule has 2 aromatic carbocycles.